The van der Waals surface area contributed by atoms with Crippen LogP contribution < -0.4 is 0 Å². The van der Waals surface area contributed by atoms with Crippen molar-refractivity contribution < 1.29 is 39.2 Å². The summed E-state index contributed by atoms with van der Waals surface area (Å²) in [7, 11) is 0. The van der Waals surface area contributed by atoms with Gasteiger partial charge >= 0.3 is 23.9 Å². The summed E-state index contributed by atoms with van der Waals surface area (Å²) < 4.78 is 4.47. The summed E-state index contributed by atoms with van der Waals surface area (Å²) in [5, 5.41) is 26.0. The molecule has 0 atom stereocenters. The van der Waals surface area contributed by atoms with Crippen LogP contribution in [0.2, 0.25) is 0 Å². The van der Waals surface area contributed by atoms with Gasteiger partial charge in [0.2, 0.25) is 5.60 Å². The molecule has 0 aromatic carbocycles. The van der Waals surface area contributed by atoms with Crippen LogP contribution in [0.25, 0.3) is 0 Å². The molecule has 0 fully saturated rings. The number of hydrogen-bond donors (Lipinski definition) is 3. The molecule has 3 N–H and O–H groups in total. The van der Waals surface area contributed by atoms with E-state index in [0.29, 0.717) is 0 Å². The average molecular weight is 248 g/mol. The molecule has 0 spiro atoms. The molecule has 8 heteroatoms. The maximum Gasteiger partial charge on any atom is 0.349 e. The predicted octanol–water partition coefficient (Wildman–Crippen LogP) is -0.288. The third-order valence-electron chi connectivity index (χ3n) is 1.86. The molecule has 17 heavy (non-hydrogen) atoms. The molecule has 0 unspecified atom stereocenters. The van der Waals surface area contributed by atoms with Crippen molar-refractivity contribution in [2.24, 2.45) is 0 Å². The second-order valence-electron chi connectivity index (χ2n) is 3.27. The lowest BCUT2D eigenvalue weighted by Gasteiger charge is -2.25. The first kappa shape index (κ1) is 14.9. The van der Waals surface area contributed by atoms with Gasteiger partial charge in [0, 0.05) is 6.42 Å². The fourth-order valence-electron chi connectivity index (χ4n) is 1.11. The van der Waals surface area contributed by atoms with Crippen molar-refractivity contribution in [1.29, 1.82) is 0 Å². The molecule has 0 bridgehead atoms. The summed E-state index contributed by atoms with van der Waals surface area (Å²) in [6.45, 7) is 1.37. The van der Waals surface area contributed by atoms with E-state index in [-0.39, 0.29) is 6.42 Å². The number of carboxylic acids is 3. The Labute approximate surface area is 95.8 Å². The zero-order chi connectivity index (χ0) is 13.6. The van der Waals surface area contributed by atoms with Gasteiger partial charge in [0.1, 0.15) is 0 Å². The van der Waals surface area contributed by atoms with Gasteiger partial charge in [-0.1, -0.05) is 6.92 Å². The maximum absolute atomic E-state index is 11.0. The van der Waals surface area contributed by atoms with Crippen molar-refractivity contribution in [3.63, 3.8) is 0 Å². The Bertz CT molecular complexity index is 329. The number of rotatable bonds is 7. The van der Waals surface area contributed by atoms with Crippen molar-refractivity contribution in [1.82, 2.24) is 0 Å². The number of carbonyl (C=O) groups excluding carboxylic acids is 1. The number of esters is 1. The van der Waals surface area contributed by atoms with Gasteiger partial charge in [0.05, 0.1) is 12.8 Å². The molecular formula is C9H12O8. The van der Waals surface area contributed by atoms with Crippen LogP contribution in [0.1, 0.15) is 26.2 Å². The minimum absolute atomic E-state index is 0.186. The summed E-state index contributed by atoms with van der Waals surface area (Å²) in [6.07, 6.45) is -2.41. The van der Waals surface area contributed by atoms with Gasteiger partial charge in [-0.2, -0.15) is 0 Å². The summed E-state index contributed by atoms with van der Waals surface area (Å²) in [6, 6.07) is 0. The zero-order valence-electron chi connectivity index (χ0n) is 9.00. The first-order valence-electron chi connectivity index (χ1n) is 4.62. The van der Waals surface area contributed by atoms with E-state index in [2.05, 4.69) is 4.74 Å². The Hall–Kier alpha value is -2.12. The van der Waals surface area contributed by atoms with Crippen LogP contribution in [0.3, 0.4) is 0 Å². The maximum atomic E-state index is 11.0. The third-order valence-corrected chi connectivity index (χ3v) is 1.86. The van der Waals surface area contributed by atoms with Crippen LogP contribution in [-0.4, -0.2) is 44.8 Å². The summed E-state index contributed by atoms with van der Waals surface area (Å²) >= 11 is 0. The van der Waals surface area contributed by atoms with Gasteiger partial charge in [-0.3, -0.25) is 14.4 Å². The first-order valence-corrected chi connectivity index (χ1v) is 4.62. The predicted molar refractivity (Wildman–Crippen MR) is 51.3 cm³/mol. The molecule has 0 saturated heterocycles. The van der Waals surface area contributed by atoms with E-state index in [4.69, 9.17) is 15.3 Å². The molecule has 8 nitrogen and oxygen atoms in total. The van der Waals surface area contributed by atoms with Gasteiger partial charge in [-0.25, -0.2) is 4.79 Å². The number of carboxylic acid groups (broad SMARTS) is 3. The van der Waals surface area contributed by atoms with Gasteiger partial charge in [0.15, 0.2) is 0 Å². The quantitative estimate of drug-likeness (QED) is 0.522. The molecular weight excluding hydrogens is 236 g/mol. The van der Waals surface area contributed by atoms with E-state index in [1.54, 1.807) is 0 Å². The van der Waals surface area contributed by atoms with Crippen molar-refractivity contribution in [3.8, 4) is 0 Å². The standard InChI is InChI=1S/C9H12O8/c1-2-7(14)17-9(8(15)16,3-5(10)11)4-6(12)13/h2-4H2,1H3,(H,10,11)(H,12,13)(H,15,16). The molecule has 0 amide bonds. The van der Waals surface area contributed by atoms with Crippen molar-refractivity contribution >= 4 is 23.9 Å². The highest BCUT2D eigenvalue weighted by Crippen LogP contribution is 2.22. The second kappa shape index (κ2) is 5.83. The first-order chi connectivity index (χ1) is 7.73. The fraction of sp³-hybridized carbons (Fsp3) is 0.556. The van der Waals surface area contributed by atoms with E-state index in [1.165, 1.54) is 6.92 Å². The van der Waals surface area contributed by atoms with Crippen molar-refractivity contribution in [3.05, 3.63) is 0 Å². The highest BCUT2D eigenvalue weighted by molar-refractivity contribution is 5.90. The number of carbonyl (C=O) groups is 4. The van der Waals surface area contributed by atoms with Gasteiger partial charge in [-0.05, 0) is 0 Å². The van der Waals surface area contributed by atoms with E-state index in [9.17, 15) is 19.2 Å². The minimum atomic E-state index is -2.56. The third kappa shape index (κ3) is 4.49. The van der Waals surface area contributed by atoms with Crippen LogP contribution in [0, 0.1) is 0 Å². The molecule has 0 rings (SSSR count). The number of hydrogen-bond acceptors (Lipinski definition) is 5. The summed E-state index contributed by atoms with van der Waals surface area (Å²) in [5.41, 5.74) is -2.56. The Morgan fingerprint density at radius 2 is 1.41 bits per heavy atom. The van der Waals surface area contributed by atoms with Crippen LogP contribution in [-0.2, 0) is 23.9 Å². The van der Waals surface area contributed by atoms with E-state index in [0.717, 1.165) is 0 Å². The van der Waals surface area contributed by atoms with Crippen LogP contribution in [0.4, 0.5) is 0 Å². The molecule has 0 aliphatic heterocycles. The topological polar surface area (TPSA) is 138 Å². The molecule has 0 aromatic heterocycles. The zero-order valence-corrected chi connectivity index (χ0v) is 9.00. The smallest absolute Gasteiger partial charge is 0.349 e. The Kier molecular flexibility index (Phi) is 5.10. The van der Waals surface area contributed by atoms with E-state index in [1.807, 2.05) is 0 Å². The molecule has 0 heterocycles. The molecule has 0 saturated carbocycles. The van der Waals surface area contributed by atoms with Crippen LogP contribution in [0.15, 0.2) is 0 Å². The molecule has 0 aliphatic carbocycles. The lowest BCUT2D eigenvalue weighted by molar-refractivity contribution is -0.186. The minimum Gasteiger partial charge on any atom is -0.481 e. The van der Waals surface area contributed by atoms with Gasteiger partial charge < -0.3 is 20.1 Å². The second-order valence-corrected chi connectivity index (χ2v) is 3.27. The summed E-state index contributed by atoms with van der Waals surface area (Å²) in [5.74, 6) is -5.92. The molecule has 0 aliphatic rings. The van der Waals surface area contributed by atoms with E-state index >= 15 is 0 Å². The Balaban J connectivity index is 5.22. The van der Waals surface area contributed by atoms with Crippen molar-refractivity contribution in [2.75, 3.05) is 0 Å². The number of aliphatic carboxylic acids is 3. The van der Waals surface area contributed by atoms with Crippen LogP contribution >= 0.6 is 0 Å². The molecule has 96 valence electrons. The molecule has 0 aromatic rings. The Morgan fingerprint density at radius 1 is 1.00 bits per heavy atom. The average Bonchev–Trinajstić information content (AvgIpc) is 2.14. The monoisotopic (exact) mass is 248 g/mol. The normalized spacial score (nSPS) is 10.6. The van der Waals surface area contributed by atoms with Crippen molar-refractivity contribution in [2.45, 2.75) is 31.8 Å². The largest absolute Gasteiger partial charge is 0.481 e. The lowest BCUT2D eigenvalue weighted by Crippen LogP contribution is -2.46. The van der Waals surface area contributed by atoms with Crippen LogP contribution in [0.5, 0.6) is 0 Å². The van der Waals surface area contributed by atoms with E-state index < -0.39 is 42.3 Å². The summed E-state index contributed by atoms with van der Waals surface area (Å²) in [4.78, 5) is 43.0. The highest BCUT2D eigenvalue weighted by Gasteiger charge is 2.46. The SMILES string of the molecule is CCC(=O)OC(CC(=O)O)(CC(=O)O)C(=O)O. The van der Waals surface area contributed by atoms with Gasteiger partial charge in [0.25, 0.3) is 0 Å². The fourth-order valence-corrected chi connectivity index (χ4v) is 1.11. The van der Waals surface area contributed by atoms with Gasteiger partial charge in [-0.15, -0.1) is 0 Å². The molecule has 0 radical (unpaired) electrons. The Morgan fingerprint density at radius 3 is 1.65 bits per heavy atom. The highest BCUT2D eigenvalue weighted by atomic mass is 16.6. The number of ether oxygens (including phenoxy) is 1. The lowest BCUT2D eigenvalue weighted by atomic mass is 9.95.